The lowest BCUT2D eigenvalue weighted by atomic mass is 9.94. The van der Waals surface area contributed by atoms with Crippen molar-refractivity contribution >= 4 is 27.3 Å². The van der Waals surface area contributed by atoms with Crippen LogP contribution < -0.4 is 10.4 Å². The molecule has 1 aromatic carbocycles. The number of piperidine rings is 1. The molecule has 0 atom stereocenters. The Balaban J connectivity index is 1.34. The number of sulfone groups is 1. The Morgan fingerprint density at radius 1 is 1.05 bits per heavy atom. The quantitative estimate of drug-likeness (QED) is 0.360. The standard InChI is InChI=1S/C25H38N4O7S/c1-35-19-16-27-12-14-29(15-13-27)23(30)20-6-10-28(11-7-20)21-2-4-22(5-3-21)37(33,34)25(24(31)26-32)8-17-36-18-9-25/h2-5,20,32H,6-19H2,1H3,(H,26,31). The largest absolute Gasteiger partial charge is 0.383 e. The molecule has 4 rings (SSSR count). The molecule has 2 N–H and O–H groups in total. The van der Waals surface area contributed by atoms with Gasteiger partial charge in [-0.25, -0.2) is 13.9 Å². The van der Waals surface area contributed by atoms with E-state index in [1.807, 2.05) is 4.90 Å². The number of nitrogens with one attached hydrogen (secondary N) is 1. The minimum Gasteiger partial charge on any atom is -0.383 e. The van der Waals surface area contributed by atoms with Crippen molar-refractivity contribution in [2.45, 2.75) is 35.3 Å². The topological polar surface area (TPSA) is 129 Å². The number of benzene rings is 1. The minimum absolute atomic E-state index is 0.00630. The third kappa shape index (κ3) is 5.78. The lowest BCUT2D eigenvalue weighted by Crippen LogP contribution is -2.54. The summed E-state index contributed by atoms with van der Waals surface area (Å²) < 4.78 is 35.5. The van der Waals surface area contributed by atoms with Crippen molar-refractivity contribution in [1.29, 1.82) is 0 Å². The van der Waals surface area contributed by atoms with E-state index in [1.54, 1.807) is 24.7 Å². The van der Waals surface area contributed by atoms with E-state index in [4.69, 9.17) is 9.47 Å². The van der Waals surface area contributed by atoms with Crippen LogP contribution in [0.2, 0.25) is 0 Å². The van der Waals surface area contributed by atoms with Gasteiger partial charge in [-0.15, -0.1) is 0 Å². The smallest absolute Gasteiger partial charge is 0.265 e. The molecule has 3 fully saturated rings. The highest BCUT2D eigenvalue weighted by molar-refractivity contribution is 7.93. The number of hydrogen-bond donors (Lipinski definition) is 2. The van der Waals surface area contributed by atoms with Gasteiger partial charge in [0.15, 0.2) is 14.6 Å². The van der Waals surface area contributed by atoms with Gasteiger partial charge < -0.3 is 19.3 Å². The molecule has 3 aliphatic rings. The second-order valence-electron chi connectivity index (χ2n) is 9.97. The predicted octanol–water partition coefficient (Wildman–Crippen LogP) is 0.522. The monoisotopic (exact) mass is 538 g/mol. The van der Waals surface area contributed by atoms with E-state index in [9.17, 15) is 23.2 Å². The van der Waals surface area contributed by atoms with E-state index >= 15 is 0 Å². The van der Waals surface area contributed by atoms with Crippen LogP contribution in [-0.2, 0) is 28.9 Å². The number of methoxy groups -OCH3 is 1. The average molecular weight is 539 g/mol. The van der Waals surface area contributed by atoms with Crippen molar-refractivity contribution < 1.29 is 32.7 Å². The number of piperazine rings is 1. The van der Waals surface area contributed by atoms with Gasteiger partial charge >= 0.3 is 0 Å². The van der Waals surface area contributed by atoms with Crippen molar-refractivity contribution in [1.82, 2.24) is 15.3 Å². The minimum atomic E-state index is -4.06. The van der Waals surface area contributed by atoms with E-state index in [-0.39, 0.29) is 42.8 Å². The Kier molecular flexibility index (Phi) is 9.07. The van der Waals surface area contributed by atoms with Crippen LogP contribution in [0.25, 0.3) is 0 Å². The number of hydroxylamine groups is 1. The molecule has 1 aromatic rings. The highest BCUT2D eigenvalue weighted by atomic mass is 32.2. The van der Waals surface area contributed by atoms with Crippen LogP contribution in [0.1, 0.15) is 25.7 Å². The van der Waals surface area contributed by atoms with Gasteiger partial charge in [0, 0.05) is 77.7 Å². The zero-order valence-electron chi connectivity index (χ0n) is 21.4. The molecule has 0 saturated carbocycles. The molecule has 0 radical (unpaired) electrons. The molecule has 12 heteroatoms. The summed E-state index contributed by atoms with van der Waals surface area (Å²) in [5, 5.41) is 9.22. The predicted molar refractivity (Wildman–Crippen MR) is 136 cm³/mol. The SMILES string of the molecule is COCCN1CCN(C(=O)C2CCN(c3ccc(S(=O)(=O)C4(C(=O)NO)CCOCC4)cc3)CC2)CC1. The zero-order valence-corrected chi connectivity index (χ0v) is 22.2. The average Bonchev–Trinajstić information content (AvgIpc) is 2.96. The molecule has 3 heterocycles. The number of anilines is 1. The summed E-state index contributed by atoms with van der Waals surface area (Å²) in [6.45, 7) is 6.52. The van der Waals surface area contributed by atoms with E-state index in [1.165, 1.54) is 12.1 Å². The van der Waals surface area contributed by atoms with E-state index in [2.05, 4.69) is 9.80 Å². The maximum absolute atomic E-state index is 13.4. The summed E-state index contributed by atoms with van der Waals surface area (Å²) in [7, 11) is -2.36. The summed E-state index contributed by atoms with van der Waals surface area (Å²) >= 11 is 0. The van der Waals surface area contributed by atoms with Gasteiger partial charge in [-0.05, 0) is 49.9 Å². The Morgan fingerprint density at radius 3 is 2.24 bits per heavy atom. The second kappa shape index (κ2) is 12.1. The molecular formula is C25H38N4O7S. The Hall–Kier alpha value is -2.25. The molecule has 0 bridgehead atoms. The Bertz CT molecular complexity index is 1030. The number of ether oxygens (including phenoxy) is 2. The van der Waals surface area contributed by atoms with E-state index in [0.717, 1.165) is 51.3 Å². The van der Waals surface area contributed by atoms with Crippen molar-refractivity contribution in [3.63, 3.8) is 0 Å². The fourth-order valence-electron chi connectivity index (χ4n) is 5.54. The summed E-state index contributed by atoms with van der Waals surface area (Å²) in [6, 6.07) is 6.54. The maximum atomic E-state index is 13.4. The molecule has 11 nitrogen and oxygen atoms in total. The summed E-state index contributed by atoms with van der Waals surface area (Å²) in [4.78, 5) is 32.0. The van der Waals surface area contributed by atoms with Crippen LogP contribution in [0.5, 0.6) is 0 Å². The van der Waals surface area contributed by atoms with Crippen molar-refractivity contribution in [2.24, 2.45) is 5.92 Å². The normalized spacial score (nSPS) is 21.6. The van der Waals surface area contributed by atoms with Crippen LogP contribution in [0.4, 0.5) is 5.69 Å². The maximum Gasteiger partial charge on any atom is 0.265 e. The highest BCUT2D eigenvalue weighted by Crippen LogP contribution is 2.36. The molecule has 3 aliphatic heterocycles. The van der Waals surface area contributed by atoms with Crippen LogP contribution >= 0.6 is 0 Å². The van der Waals surface area contributed by atoms with E-state index < -0.39 is 20.5 Å². The molecule has 0 unspecified atom stereocenters. The van der Waals surface area contributed by atoms with Gasteiger partial charge in [0.2, 0.25) is 5.91 Å². The van der Waals surface area contributed by atoms with Crippen LogP contribution in [0.3, 0.4) is 0 Å². The van der Waals surface area contributed by atoms with Crippen molar-refractivity contribution in [3.05, 3.63) is 24.3 Å². The summed E-state index contributed by atoms with van der Waals surface area (Å²) in [5.74, 6) is -0.689. The van der Waals surface area contributed by atoms with Gasteiger partial charge in [-0.1, -0.05) is 0 Å². The van der Waals surface area contributed by atoms with Crippen molar-refractivity contribution in [3.8, 4) is 0 Å². The Labute approximate surface area is 218 Å². The lowest BCUT2D eigenvalue weighted by molar-refractivity contribution is -0.138. The van der Waals surface area contributed by atoms with Gasteiger partial charge in [0.1, 0.15) is 0 Å². The molecule has 0 aromatic heterocycles. The fraction of sp³-hybridized carbons (Fsp3) is 0.680. The molecule has 0 spiro atoms. The number of rotatable bonds is 8. The summed E-state index contributed by atoms with van der Waals surface area (Å²) in [6.07, 6.45) is 1.46. The molecule has 0 aliphatic carbocycles. The third-order valence-electron chi connectivity index (χ3n) is 7.98. The lowest BCUT2D eigenvalue weighted by Gasteiger charge is -2.39. The van der Waals surface area contributed by atoms with Gasteiger partial charge in [0.25, 0.3) is 5.91 Å². The zero-order chi connectivity index (χ0) is 26.5. The Morgan fingerprint density at radius 2 is 1.68 bits per heavy atom. The van der Waals surface area contributed by atoms with Gasteiger partial charge in [0.05, 0.1) is 11.5 Å². The highest BCUT2D eigenvalue weighted by Gasteiger charge is 2.52. The third-order valence-corrected chi connectivity index (χ3v) is 10.5. The number of carbonyl (C=O) groups is 2. The van der Waals surface area contributed by atoms with Gasteiger partial charge in [-0.3, -0.25) is 19.7 Å². The van der Waals surface area contributed by atoms with Crippen LogP contribution in [0.15, 0.2) is 29.2 Å². The van der Waals surface area contributed by atoms with Crippen LogP contribution in [0, 0.1) is 5.92 Å². The molecule has 206 valence electrons. The first-order chi connectivity index (χ1) is 17.8. The van der Waals surface area contributed by atoms with Crippen molar-refractivity contribution in [2.75, 3.05) is 77.6 Å². The number of amides is 2. The first-order valence-corrected chi connectivity index (χ1v) is 14.4. The van der Waals surface area contributed by atoms with Crippen LogP contribution in [-0.4, -0.2) is 113 Å². The molecule has 2 amide bonds. The van der Waals surface area contributed by atoms with Gasteiger partial charge in [-0.2, -0.15) is 0 Å². The second-order valence-corrected chi connectivity index (χ2v) is 12.2. The summed E-state index contributed by atoms with van der Waals surface area (Å²) in [5.41, 5.74) is 2.42. The first kappa shape index (κ1) is 27.8. The number of carbonyl (C=O) groups excluding carboxylic acids is 2. The first-order valence-electron chi connectivity index (χ1n) is 12.9. The molecule has 3 saturated heterocycles. The number of nitrogens with zero attached hydrogens (tertiary/aromatic N) is 3. The molecular weight excluding hydrogens is 500 g/mol. The van der Waals surface area contributed by atoms with E-state index in [0.29, 0.717) is 19.7 Å². The fourth-order valence-corrected chi connectivity index (χ4v) is 7.48. The molecule has 37 heavy (non-hydrogen) atoms. The number of hydrogen-bond acceptors (Lipinski definition) is 9.